The van der Waals surface area contributed by atoms with Gasteiger partial charge < -0.3 is 10.6 Å². The highest BCUT2D eigenvalue weighted by Gasteiger charge is 2.23. The molecular formula is C12H19FN4. The molecular weight excluding hydrogens is 219 g/mol. The second kappa shape index (κ2) is 5.40. The van der Waals surface area contributed by atoms with Crippen molar-refractivity contribution in [1.29, 1.82) is 0 Å². The normalized spacial score (nSPS) is 20.6. The highest BCUT2D eigenvalue weighted by atomic mass is 19.1. The summed E-state index contributed by atoms with van der Waals surface area (Å²) in [7, 11) is 0. The average molecular weight is 238 g/mol. The first kappa shape index (κ1) is 12.2. The van der Waals surface area contributed by atoms with Gasteiger partial charge in [0.15, 0.2) is 11.6 Å². The van der Waals surface area contributed by atoms with Crippen molar-refractivity contribution in [3.05, 3.63) is 17.8 Å². The van der Waals surface area contributed by atoms with E-state index in [2.05, 4.69) is 9.97 Å². The lowest BCUT2D eigenvalue weighted by molar-refractivity contribution is 0.390. The number of nitrogens with two attached hydrogens (primary N) is 1. The molecule has 0 aliphatic carbocycles. The van der Waals surface area contributed by atoms with Gasteiger partial charge >= 0.3 is 0 Å². The number of anilines is 1. The van der Waals surface area contributed by atoms with Gasteiger partial charge in [-0.25, -0.2) is 14.4 Å². The maximum Gasteiger partial charge on any atom is 0.186 e. The smallest absolute Gasteiger partial charge is 0.186 e. The van der Waals surface area contributed by atoms with Crippen molar-refractivity contribution in [3.8, 4) is 0 Å². The van der Waals surface area contributed by atoms with Gasteiger partial charge in [-0.3, -0.25) is 0 Å². The minimum absolute atomic E-state index is 0.291. The molecule has 1 saturated heterocycles. The number of hydrogen-bond acceptors (Lipinski definition) is 4. The molecule has 4 nitrogen and oxygen atoms in total. The Bertz CT molecular complexity index is 381. The van der Waals surface area contributed by atoms with Crippen LogP contribution in [-0.4, -0.2) is 29.6 Å². The molecule has 1 aliphatic rings. The largest absolute Gasteiger partial charge is 0.354 e. The Labute approximate surface area is 101 Å². The molecule has 0 radical (unpaired) electrons. The third-order valence-corrected chi connectivity index (χ3v) is 3.34. The van der Waals surface area contributed by atoms with E-state index in [9.17, 15) is 4.39 Å². The first-order chi connectivity index (χ1) is 8.22. The highest BCUT2D eigenvalue weighted by molar-refractivity contribution is 5.41. The predicted octanol–water partition coefficient (Wildman–Crippen LogP) is 1.49. The van der Waals surface area contributed by atoms with Crippen LogP contribution in [0.3, 0.4) is 0 Å². The van der Waals surface area contributed by atoms with Gasteiger partial charge in [0.25, 0.3) is 0 Å². The van der Waals surface area contributed by atoms with Crippen molar-refractivity contribution >= 4 is 5.82 Å². The molecule has 2 heterocycles. The van der Waals surface area contributed by atoms with Crippen LogP contribution in [0.2, 0.25) is 0 Å². The molecule has 94 valence electrons. The number of aryl methyl sites for hydroxylation is 1. The van der Waals surface area contributed by atoms with Crippen LogP contribution >= 0.6 is 0 Å². The summed E-state index contributed by atoms with van der Waals surface area (Å²) in [6.07, 6.45) is 4.69. The van der Waals surface area contributed by atoms with Crippen molar-refractivity contribution < 1.29 is 4.39 Å². The summed E-state index contributed by atoms with van der Waals surface area (Å²) < 4.78 is 13.9. The van der Waals surface area contributed by atoms with Crippen LogP contribution < -0.4 is 10.6 Å². The summed E-state index contributed by atoms with van der Waals surface area (Å²) in [5.74, 6) is 0.712. The fourth-order valence-corrected chi connectivity index (χ4v) is 2.39. The minimum atomic E-state index is -0.291. The highest BCUT2D eigenvalue weighted by Crippen LogP contribution is 2.25. The topological polar surface area (TPSA) is 55.0 Å². The van der Waals surface area contributed by atoms with Crippen molar-refractivity contribution in [2.24, 2.45) is 11.7 Å². The number of rotatable bonds is 3. The second-order valence-electron chi connectivity index (χ2n) is 4.63. The molecule has 0 aromatic carbocycles. The summed E-state index contributed by atoms with van der Waals surface area (Å²) >= 11 is 0. The lowest BCUT2D eigenvalue weighted by Gasteiger charge is -2.33. The number of piperidine rings is 1. The van der Waals surface area contributed by atoms with E-state index < -0.39 is 0 Å². The lowest BCUT2D eigenvalue weighted by atomic mass is 9.95. The summed E-state index contributed by atoms with van der Waals surface area (Å²) in [6.45, 7) is 4.09. The molecule has 0 bridgehead atoms. The number of halogens is 1. The van der Waals surface area contributed by atoms with E-state index >= 15 is 0 Å². The van der Waals surface area contributed by atoms with E-state index in [-0.39, 0.29) is 5.82 Å². The molecule has 1 atom stereocenters. The molecule has 0 spiro atoms. The van der Waals surface area contributed by atoms with Crippen LogP contribution in [0, 0.1) is 18.7 Å². The number of nitrogens with zero attached hydrogens (tertiary/aromatic N) is 3. The summed E-state index contributed by atoms with van der Waals surface area (Å²) in [4.78, 5) is 9.94. The molecule has 2 N–H and O–H groups in total. The fraction of sp³-hybridized carbons (Fsp3) is 0.667. The molecule has 1 unspecified atom stereocenters. The van der Waals surface area contributed by atoms with Gasteiger partial charge in [-0.1, -0.05) is 0 Å². The SMILES string of the molecule is Cc1ncnc(N2CCCC(CCN)C2)c1F. The van der Waals surface area contributed by atoms with Gasteiger partial charge in [0.1, 0.15) is 6.33 Å². The first-order valence-corrected chi connectivity index (χ1v) is 6.14. The summed E-state index contributed by atoms with van der Waals surface area (Å²) in [5, 5.41) is 0. The zero-order chi connectivity index (χ0) is 12.3. The third kappa shape index (κ3) is 2.72. The van der Waals surface area contributed by atoms with E-state index in [0.717, 1.165) is 25.9 Å². The Kier molecular flexibility index (Phi) is 3.89. The molecule has 1 aliphatic heterocycles. The van der Waals surface area contributed by atoms with Gasteiger partial charge in [0.05, 0.1) is 5.69 Å². The first-order valence-electron chi connectivity index (χ1n) is 6.14. The molecule has 1 aromatic rings. The van der Waals surface area contributed by atoms with Crippen LogP contribution in [0.15, 0.2) is 6.33 Å². The lowest BCUT2D eigenvalue weighted by Crippen LogP contribution is -2.37. The fourth-order valence-electron chi connectivity index (χ4n) is 2.39. The molecule has 2 rings (SSSR count). The van der Waals surface area contributed by atoms with Gasteiger partial charge in [-0.2, -0.15) is 0 Å². The average Bonchev–Trinajstić information content (AvgIpc) is 2.33. The molecule has 0 saturated carbocycles. The number of aromatic nitrogens is 2. The minimum Gasteiger partial charge on any atom is -0.354 e. The van der Waals surface area contributed by atoms with E-state index in [1.165, 1.54) is 12.7 Å². The van der Waals surface area contributed by atoms with Crippen molar-refractivity contribution in [2.75, 3.05) is 24.5 Å². The second-order valence-corrected chi connectivity index (χ2v) is 4.63. The summed E-state index contributed by atoms with van der Waals surface area (Å²) in [6, 6.07) is 0. The van der Waals surface area contributed by atoms with Crippen LogP contribution in [-0.2, 0) is 0 Å². The van der Waals surface area contributed by atoms with Crippen LogP contribution in [0.4, 0.5) is 10.2 Å². The maximum absolute atomic E-state index is 13.9. The van der Waals surface area contributed by atoms with Crippen LogP contribution in [0.5, 0.6) is 0 Å². The molecule has 5 heteroatoms. The van der Waals surface area contributed by atoms with Crippen molar-refractivity contribution in [3.63, 3.8) is 0 Å². The predicted molar refractivity (Wildman–Crippen MR) is 65.3 cm³/mol. The molecule has 1 aromatic heterocycles. The van der Waals surface area contributed by atoms with E-state index in [4.69, 9.17) is 5.73 Å². The van der Waals surface area contributed by atoms with Gasteiger partial charge in [-0.05, 0) is 38.6 Å². The van der Waals surface area contributed by atoms with Crippen molar-refractivity contribution in [2.45, 2.75) is 26.2 Å². The molecule has 17 heavy (non-hydrogen) atoms. The quantitative estimate of drug-likeness (QED) is 0.866. The zero-order valence-electron chi connectivity index (χ0n) is 10.2. The van der Waals surface area contributed by atoms with Crippen LogP contribution in [0.25, 0.3) is 0 Å². The Morgan fingerprint density at radius 2 is 2.35 bits per heavy atom. The van der Waals surface area contributed by atoms with E-state index in [1.807, 2.05) is 4.90 Å². The molecule has 0 amide bonds. The zero-order valence-corrected chi connectivity index (χ0v) is 10.2. The van der Waals surface area contributed by atoms with Crippen LogP contribution in [0.1, 0.15) is 25.0 Å². The van der Waals surface area contributed by atoms with E-state index in [1.54, 1.807) is 6.92 Å². The molecule has 1 fully saturated rings. The third-order valence-electron chi connectivity index (χ3n) is 3.34. The summed E-state index contributed by atoms with van der Waals surface area (Å²) in [5.41, 5.74) is 5.99. The Morgan fingerprint density at radius 3 is 3.12 bits per heavy atom. The van der Waals surface area contributed by atoms with Gasteiger partial charge in [0, 0.05) is 13.1 Å². The maximum atomic E-state index is 13.9. The standard InChI is InChI=1S/C12H19FN4/c1-9-11(13)12(16-8-15-9)17-6-2-3-10(7-17)4-5-14/h8,10H,2-7,14H2,1H3. The van der Waals surface area contributed by atoms with Crippen molar-refractivity contribution in [1.82, 2.24) is 9.97 Å². The van der Waals surface area contributed by atoms with Gasteiger partial charge in [-0.15, -0.1) is 0 Å². The van der Waals surface area contributed by atoms with E-state index in [0.29, 0.717) is 24.0 Å². The van der Waals surface area contributed by atoms with Gasteiger partial charge in [0.2, 0.25) is 0 Å². The monoisotopic (exact) mass is 238 g/mol. The number of hydrogen-bond donors (Lipinski definition) is 1. The Balaban J connectivity index is 2.13. The Morgan fingerprint density at radius 1 is 1.53 bits per heavy atom. The Hall–Kier alpha value is -1.23.